The van der Waals surface area contributed by atoms with Crippen LogP contribution in [0.4, 0.5) is 0 Å². The third kappa shape index (κ3) is 5.01. The molecule has 1 aliphatic heterocycles. The number of ether oxygens (including phenoxy) is 2. The molecule has 2 aromatic carbocycles. The van der Waals surface area contributed by atoms with Crippen molar-refractivity contribution in [3.8, 4) is 11.5 Å². The van der Waals surface area contributed by atoms with Gasteiger partial charge in [0, 0.05) is 13.1 Å². The number of amides is 1. The molecule has 0 bridgehead atoms. The molecule has 0 unspecified atom stereocenters. The number of benzene rings is 2. The molecule has 1 atom stereocenters. The third-order valence-electron chi connectivity index (χ3n) is 5.66. The number of nitrogens with zero attached hydrogens (tertiary/aromatic N) is 3. The summed E-state index contributed by atoms with van der Waals surface area (Å²) in [4.78, 5) is 13.1. The quantitative estimate of drug-likeness (QED) is 0.452. The van der Waals surface area contributed by atoms with E-state index in [0.717, 1.165) is 17.3 Å². The van der Waals surface area contributed by atoms with Gasteiger partial charge in [0.2, 0.25) is 15.9 Å². The summed E-state index contributed by atoms with van der Waals surface area (Å²) in [6.07, 6.45) is 1.69. The van der Waals surface area contributed by atoms with E-state index in [4.69, 9.17) is 9.47 Å². The van der Waals surface area contributed by atoms with Gasteiger partial charge in [-0.1, -0.05) is 12.1 Å². The fourth-order valence-corrected chi connectivity index (χ4v) is 6.52. The summed E-state index contributed by atoms with van der Waals surface area (Å²) in [5, 5.41) is 2.91. The predicted molar refractivity (Wildman–Crippen MR) is 130 cm³/mol. The van der Waals surface area contributed by atoms with Crippen LogP contribution in [0.5, 0.6) is 11.5 Å². The van der Waals surface area contributed by atoms with Crippen molar-refractivity contribution in [2.75, 3.05) is 26.3 Å². The van der Waals surface area contributed by atoms with Crippen LogP contribution in [0.1, 0.15) is 32.3 Å². The number of rotatable bonds is 10. The van der Waals surface area contributed by atoms with Gasteiger partial charge < -0.3 is 14.8 Å². The van der Waals surface area contributed by atoms with Gasteiger partial charge in [-0.05, 0) is 62.9 Å². The summed E-state index contributed by atoms with van der Waals surface area (Å²) < 4.78 is 47.6. The van der Waals surface area contributed by atoms with Crippen molar-refractivity contribution in [3.63, 3.8) is 0 Å². The first-order chi connectivity index (χ1) is 16.5. The lowest BCUT2D eigenvalue weighted by molar-refractivity contribution is -0.124. The standard InChI is InChI=1S/C23H28N4O5S2/c1-3-31-19-11-10-16(15-20(19)32-4-2)12-13-24-23(28)18-8-6-14-27(18)34(29,30)21-9-5-7-17-22(21)26-33-25-17/h5,7,9-11,15,18H,3-4,6,8,12-14H2,1-2H3,(H,24,28)/t18-/m1/s1. The molecular weight excluding hydrogens is 476 g/mol. The van der Waals surface area contributed by atoms with E-state index in [1.165, 1.54) is 10.4 Å². The first-order valence-corrected chi connectivity index (χ1v) is 13.5. The summed E-state index contributed by atoms with van der Waals surface area (Å²) in [6, 6.07) is 9.87. The highest BCUT2D eigenvalue weighted by molar-refractivity contribution is 7.89. The zero-order valence-corrected chi connectivity index (χ0v) is 20.8. The Bertz CT molecular complexity index is 1260. The molecule has 2 heterocycles. The molecule has 9 nitrogen and oxygen atoms in total. The molecule has 0 radical (unpaired) electrons. The van der Waals surface area contributed by atoms with E-state index in [0.29, 0.717) is 68.1 Å². The van der Waals surface area contributed by atoms with Crippen LogP contribution < -0.4 is 14.8 Å². The van der Waals surface area contributed by atoms with Crippen molar-refractivity contribution in [2.45, 2.75) is 44.0 Å². The maximum atomic E-state index is 13.4. The molecule has 11 heteroatoms. The topological polar surface area (TPSA) is 111 Å². The zero-order valence-electron chi connectivity index (χ0n) is 19.2. The number of hydrogen-bond acceptors (Lipinski definition) is 8. The van der Waals surface area contributed by atoms with Crippen LogP contribution in [0.3, 0.4) is 0 Å². The highest BCUT2D eigenvalue weighted by Gasteiger charge is 2.40. The summed E-state index contributed by atoms with van der Waals surface area (Å²) >= 11 is 0.970. The van der Waals surface area contributed by atoms with Crippen molar-refractivity contribution in [3.05, 3.63) is 42.0 Å². The lowest BCUT2D eigenvalue weighted by atomic mass is 10.1. The second-order valence-electron chi connectivity index (χ2n) is 7.85. The predicted octanol–water partition coefficient (Wildman–Crippen LogP) is 3.00. The molecule has 1 fully saturated rings. The molecular formula is C23H28N4O5S2. The molecule has 1 aromatic heterocycles. The molecule has 182 valence electrons. The normalized spacial score (nSPS) is 16.6. The summed E-state index contributed by atoms with van der Waals surface area (Å²) in [7, 11) is -3.88. The van der Waals surface area contributed by atoms with E-state index in [1.54, 1.807) is 12.1 Å². The van der Waals surface area contributed by atoms with Crippen LogP contribution in [0.15, 0.2) is 41.3 Å². The van der Waals surface area contributed by atoms with Gasteiger partial charge >= 0.3 is 0 Å². The Kier molecular flexibility index (Phi) is 7.64. The highest BCUT2D eigenvalue weighted by atomic mass is 32.2. The lowest BCUT2D eigenvalue weighted by Crippen LogP contribution is -2.46. The first-order valence-electron chi connectivity index (χ1n) is 11.3. The van der Waals surface area contributed by atoms with E-state index in [-0.39, 0.29) is 10.8 Å². The molecule has 3 aromatic rings. The molecule has 0 saturated carbocycles. The minimum absolute atomic E-state index is 0.0938. The van der Waals surface area contributed by atoms with Crippen LogP contribution in [0, 0.1) is 0 Å². The number of aromatic nitrogens is 2. The fraction of sp³-hybridized carbons (Fsp3) is 0.435. The van der Waals surface area contributed by atoms with Gasteiger partial charge in [-0.2, -0.15) is 13.1 Å². The number of hydrogen-bond donors (Lipinski definition) is 1. The molecule has 1 aliphatic rings. The Balaban J connectivity index is 1.42. The lowest BCUT2D eigenvalue weighted by Gasteiger charge is -2.23. The van der Waals surface area contributed by atoms with E-state index in [2.05, 4.69) is 14.1 Å². The van der Waals surface area contributed by atoms with E-state index in [9.17, 15) is 13.2 Å². The summed E-state index contributed by atoms with van der Waals surface area (Å²) in [5.41, 5.74) is 1.87. The fourth-order valence-electron chi connectivity index (χ4n) is 4.10. The van der Waals surface area contributed by atoms with Crippen LogP contribution in [-0.4, -0.2) is 59.7 Å². The van der Waals surface area contributed by atoms with Gasteiger partial charge in [-0.15, -0.1) is 0 Å². The second kappa shape index (κ2) is 10.7. The molecule has 1 amide bonds. The summed E-state index contributed by atoms with van der Waals surface area (Å²) in [6.45, 7) is 5.58. The smallest absolute Gasteiger partial charge is 0.246 e. The third-order valence-corrected chi connectivity index (χ3v) is 8.15. The Labute approximate surface area is 203 Å². The Morgan fingerprint density at radius 1 is 1.15 bits per heavy atom. The Morgan fingerprint density at radius 3 is 2.74 bits per heavy atom. The van der Waals surface area contributed by atoms with Gasteiger partial charge in [-0.25, -0.2) is 8.42 Å². The number of fused-ring (bicyclic) bond motifs is 1. The molecule has 0 aliphatic carbocycles. The molecule has 0 spiro atoms. The monoisotopic (exact) mass is 504 g/mol. The average molecular weight is 505 g/mol. The van der Waals surface area contributed by atoms with Crippen molar-refractivity contribution in [1.29, 1.82) is 0 Å². The molecule has 34 heavy (non-hydrogen) atoms. The minimum Gasteiger partial charge on any atom is -0.490 e. The van der Waals surface area contributed by atoms with Crippen LogP contribution in [0.25, 0.3) is 11.0 Å². The molecule has 1 saturated heterocycles. The minimum atomic E-state index is -3.88. The zero-order chi connectivity index (χ0) is 24.1. The van der Waals surface area contributed by atoms with Crippen molar-refractivity contribution >= 4 is 38.7 Å². The van der Waals surface area contributed by atoms with Gasteiger partial charge in [0.05, 0.1) is 24.9 Å². The highest BCUT2D eigenvalue weighted by Crippen LogP contribution is 2.30. The number of carbonyl (C=O) groups is 1. The van der Waals surface area contributed by atoms with Crippen molar-refractivity contribution in [2.24, 2.45) is 0 Å². The molecule has 4 rings (SSSR count). The van der Waals surface area contributed by atoms with Crippen molar-refractivity contribution < 1.29 is 22.7 Å². The number of nitrogens with one attached hydrogen (secondary N) is 1. The maximum Gasteiger partial charge on any atom is 0.246 e. The maximum absolute atomic E-state index is 13.4. The Hall–Kier alpha value is -2.76. The van der Waals surface area contributed by atoms with Gasteiger partial charge in [-0.3, -0.25) is 4.79 Å². The number of sulfonamides is 1. The largest absolute Gasteiger partial charge is 0.490 e. The van der Waals surface area contributed by atoms with Crippen LogP contribution >= 0.6 is 11.7 Å². The Morgan fingerprint density at radius 2 is 1.94 bits per heavy atom. The first kappa shape index (κ1) is 24.4. The van der Waals surface area contributed by atoms with Gasteiger partial charge in [0.1, 0.15) is 22.0 Å². The van der Waals surface area contributed by atoms with Crippen molar-refractivity contribution in [1.82, 2.24) is 18.4 Å². The van der Waals surface area contributed by atoms with Crippen LogP contribution in [0.2, 0.25) is 0 Å². The number of carbonyl (C=O) groups excluding carboxylic acids is 1. The molecule has 1 N–H and O–H groups in total. The van der Waals surface area contributed by atoms with E-state index in [1.807, 2.05) is 32.0 Å². The van der Waals surface area contributed by atoms with E-state index >= 15 is 0 Å². The SMILES string of the molecule is CCOc1ccc(CCNC(=O)[C@H]2CCCN2S(=O)(=O)c2cccc3nsnc23)cc1OCC. The second-order valence-corrected chi connectivity index (χ2v) is 10.2. The van der Waals surface area contributed by atoms with Gasteiger partial charge in [0.15, 0.2) is 11.5 Å². The average Bonchev–Trinajstić information content (AvgIpc) is 3.51. The van der Waals surface area contributed by atoms with Crippen LogP contribution in [-0.2, 0) is 21.2 Å². The van der Waals surface area contributed by atoms with E-state index < -0.39 is 16.1 Å². The van der Waals surface area contributed by atoms with Gasteiger partial charge in [0.25, 0.3) is 0 Å². The summed E-state index contributed by atoms with van der Waals surface area (Å²) in [5.74, 6) is 1.07.